The maximum Gasteiger partial charge on any atom is 0.241 e. The van der Waals surface area contributed by atoms with E-state index in [1.807, 2.05) is 29.2 Å². The van der Waals surface area contributed by atoms with Crippen molar-refractivity contribution >= 4 is 17.5 Å². The SMILES string of the molecule is CCCCN1C(=O)C(CCC)NC1c1cccc(Cl)c1. The minimum Gasteiger partial charge on any atom is -0.322 e. The van der Waals surface area contributed by atoms with Gasteiger partial charge in [-0.25, -0.2) is 0 Å². The predicted octanol–water partition coefficient (Wildman–Crippen LogP) is 3.74. The second-order valence-corrected chi connectivity index (χ2v) is 5.79. The minimum atomic E-state index is -0.0548. The predicted molar refractivity (Wildman–Crippen MR) is 82.6 cm³/mol. The summed E-state index contributed by atoms with van der Waals surface area (Å²) in [5, 5.41) is 4.18. The van der Waals surface area contributed by atoms with Crippen LogP contribution in [0.1, 0.15) is 51.3 Å². The lowest BCUT2D eigenvalue weighted by Crippen LogP contribution is -2.32. The van der Waals surface area contributed by atoms with E-state index in [4.69, 9.17) is 11.6 Å². The molecule has 1 heterocycles. The molecule has 1 aliphatic heterocycles. The van der Waals surface area contributed by atoms with Crippen molar-refractivity contribution in [2.45, 2.75) is 51.7 Å². The van der Waals surface area contributed by atoms with Crippen LogP contribution < -0.4 is 5.32 Å². The quantitative estimate of drug-likeness (QED) is 0.867. The summed E-state index contributed by atoms with van der Waals surface area (Å²) < 4.78 is 0. The van der Waals surface area contributed by atoms with Gasteiger partial charge in [-0.05, 0) is 30.5 Å². The summed E-state index contributed by atoms with van der Waals surface area (Å²) in [4.78, 5) is 14.5. The lowest BCUT2D eigenvalue weighted by Gasteiger charge is -2.24. The fourth-order valence-corrected chi connectivity index (χ4v) is 2.89. The first-order valence-electron chi connectivity index (χ1n) is 7.49. The second-order valence-electron chi connectivity index (χ2n) is 5.35. The van der Waals surface area contributed by atoms with Gasteiger partial charge >= 0.3 is 0 Å². The van der Waals surface area contributed by atoms with Gasteiger partial charge in [-0.15, -0.1) is 0 Å². The average molecular weight is 295 g/mol. The fraction of sp³-hybridized carbons (Fsp3) is 0.562. The number of nitrogens with one attached hydrogen (secondary N) is 1. The Morgan fingerprint density at radius 1 is 1.30 bits per heavy atom. The van der Waals surface area contributed by atoms with Crippen LogP contribution in [-0.2, 0) is 4.79 Å². The van der Waals surface area contributed by atoms with E-state index in [0.29, 0.717) is 5.02 Å². The van der Waals surface area contributed by atoms with Gasteiger partial charge in [0.05, 0.1) is 6.04 Å². The number of hydrogen-bond donors (Lipinski definition) is 1. The first-order chi connectivity index (χ1) is 9.67. The van der Waals surface area contributed by atoms with Crippen LogP contribution in [0.5, 0.6) is 0 Å². The van der Waals surface area contributed by atoms with Crippen molar-refractivity contribution in [3.05, 3.63) is 34.9 Å². The summed E-state index contributed by atoms with van der Waals surface area (Å²) in [6, 6.07) is 7.72. The van der Waals surface area contributed by atoms with E-state index in [0.717, 1.165) is 37.8 Å². The van der Waals surface area contributed by atoms with Crippen LogP contribution in [0.4, 0.5) is 0 Å². The van der Waals surface area contributed by atoms with Gasteiger partial charge in [-0.1, -0.05) is 50.4 Å². The first-order valence-corrected chi connectivity index (χ1v) is 7.87. The molecule has 1 aromatic rings. The van der Waals surface area contributed by atoms with Gasteiger partial charge in [-0.2, -0.15) is 0 Å². The molecule has 0 aromatic heterocycles. The summed E-state index contributed by atoms with van der Waals surface area (Å²) >= 11 is 6.08. The summed E-state index contributed by atoms with van der Waals surface area (Å²) in [5.74, 6) is 0.227. The number of halogens is 1. The van der Waals surface area contributed by atoms with Crippen molar-refractivity contribution in [1.82, 2.24) is 10.2 Å². The van der Waals surface area contributed by atoms with E-state index in [2.05, 4.69) is 19.2 Å². The number of rotatable bonds is 6. The third kappa shape index (κ3) is 3.33. The molecule has 0 saturated carbocycles. The monoisotopic (exact) mass is 294 g/mol. The average Bonchev–Trinajstić information content (AvgIpc) is 2.74. The Balaban J connectivity index is 2.21. The van der Waals surface area contributed by atoms with Gasteiger partial charge in [0.1, 0.15) is 6.17 Å². The van der Waals surface area contributed by atoms with Crippen LogP contribution in [-0.4, -0.2) is 23.4 Å². The van der Waals surface area contributed by atoms with E-state index < -0.39 is 0 Å². The molecule has 0 radical (unpaired) electrons. The fourth-order valence-electron chi connectivity index (χ4n) is 2.70. The maximum atomic E-state index is 12.5. The molecule has 2 atom stereocenters. The molecule has 1 aromatic carbocycles. The lowest BCUT2D eigenvalue weighted by atomic mass is 10.1. The highest BCUT2D eigenvalue weighted by molar-refractivity contribution is 6.30. The van der Waals surface area contributed by atoms with Crippen LogP contribution in [0, 0.1) is 0 Å². The van der Waals surface area contributed by atoms with Gasteiger partial charge in [0.25, 0.3) is 0 Å². The van der Waals surface area contributed by atoms with Crippen LogP contribution >= 0.6 is 11.6 Å². The number of benzene rings is 1. The number of nitrogens with zero attached hydrogens (tertiary/aromatic N) is 1. The molecule has 1 fully saturated rings. The first kappa shape index (κ1) is 15.3. The Morgan fingerprint density at radius 2 is 2.10 bits per heavy atom. The molecule has 1 N–H and O–H groups in total. The Bertz CT molecular complexity index is 464. The Kier molecular flexibility index (Phi) is 5.44. The molecule has 0 aliphatic carbocycles. The van der Waals surface area contributed by atoms with E-state index in [9.17, 15) is 4.79 Å². The third-order valence-electron chi connectivity index (χ3n) is 3.75. The van der Waals surface area contributed by atoms with E-state index in [1.165, 1.54) is 0 Å². The lowest BCUT2D eigenvalue weighted by molar-refractivity contribution is -0.130. The zero-order valence-electron chi connectivity index (χ0n) is 12.2. The van der Waals surface area contributed by atoms with Crippen molar-refractivity contribution in [2.24, 2.45) is 0 Å². The molecule has 0 bridgehead atoms. The molecule has 110 valence electrons. The van der Waals surface area contributed by atoms with Gasteiger partial charge < -0.3 is 4.90 Å². The van der Waals surface area contributed by atoms with Gasteiger partial charge in [-0.3, -0.25) is 10.1 Å². The van der Waals surface area contributed by atoms with E-state index >= 15 is 0 Å². The molecule has 2 unspecified atom stereocenters. The van der Waals surface area contributed by atoms with E-state index in [1.54, 1.807) is 0 Å². The Hall–Kier alpha value is -1.06. The van der Waals surface area contributed by atoms with Gasteiger partial charge in [0.15, 0.2) is 0 Å². The molecule has 1 saturated heterocycles. The highest BCUT2D eigenvalue weighted by atomic mass is 35.5. The van der Waals surface area contributed by atoms with Crippen molar-refractivity contribution in [3.8, 4) is 0 Å². The normalized spacial score (nSPS) is 22.6. The molecule has 1 amide bonds. The van der Waals surface area contributed by atoms with Crippen molar-refractivity contribution in [1.29, 1.82) is 0 Å². The maximum absolute atomic E-state index is 12.5. The Labute approximate surface area is 126 Å². The van der Waals surface area contributed by atoms with Crippen LogP contribution in [0.3, 0.4) is 0 Å². The standard InChI is InChI=1S/C16H23ClN2O/c1-3-5-10-19-15(12-8-6-9-13(17)11-12)18-14(7-4-2)16(19)20/h6,8-9,11,14-15,18H,3-5,7,10H2,1-2H3. The molecule has 3 nitrogen and oxygen atoms in total. The van der Waals surface area contributed by atoms with Crippen LogP contribution in [0.15, 0.2) is 24.3 Å². The zero-order chi connectivity index (χ0) is 14.5. The van der Waals surface area contributed by atoms with Gasteiger partial charge in [0, 0.05) is 11.6 Å². The highest BCUT2D eigenvalue weighted by Crippen LogP contribution is 2.28. The smallest absolute Gasteiger partial charge is 0.241 e. The number of carbonyl (C=O) groups is 1. The molecular weight excluding hydrogens is 272 g/mol. The highest BCUT2D eigenvalue weighted by Gasteiger charge is 2.38. The van der Waals surface area contributed by atoms with Crippen molar-refractivity contribution in [3.63, 3.8) is 0 Å². The molecule has 20 heavy (non-hydrogen) atoms. The van der Waals surface area contributed by atoms with Crippen molar-refractivity contribution in [2.75, 3.05) is 6.54 Å². The number of hydrogen-bond acceptors (Lipinski definition) is 2. The topological polar surface area (TPSA) is 32.3 Å². The molecule has 2 rings (SSSR count). The van der Waals surface area contributed by atoms with Crippen molar-refractivity contribution < 1.29 is 4.79 Å². The third-order valence-corrected chi connectivity index (χ3v) is 3.98. The summed E-state index contributed by atoms with van der Waals surface area (Å²) in [6.07, 6.45) is 3.98. The molecule has 1 aliphatic rings. The van der Waals surface area contributed by atoms with Gasteiger partial charge in [0.2, 0.25) is 5.91 Å². The summed E-state index contributed by atoms with van der Waals surface area (Å²) in [6.45, 7) is 5.06. The van der Waals surface area contributed by atoms with Crippen LogP contribution in [0.2, 0.25) is 5.02 Å². The largest absolute Gasteiger partial charge is 0.322 e. The minimum absolute atomic E-state index is 0.0377. The summed E-state index contributed by atoms with van der Waals surface area (Å²) in [5.41, 5.74) is 1.07. The molecule has 0 spiro atoms. The molecule has 4 heteroatoms. The Morgan fingerprint density at radius 3 is 2.75 bits per heavy atom. The van der Waals surface area contributed by atoms with Crippen LogP contribution in [0.25, 0.3) is 0 Å². The zero-order valence-corrected chi connectivity index (χ0v) is 13.0. The van der Waals surface area contributed by atoms with E-state index in [-0.39, 0.29) is 18.1 Å². The number of carbonyl (C=O) groups excluding carboxylic acids is 1. The number of amides is 1. The molecular formula is C16H23ClN2O. The number of unbranched alkanes of at least 4 members (excludes halogenated alkanes) is 1. The second kappa shape index (κ2) is 7.09. The summed E-state index contributed by atoms with van der Waals surface area (Å²) in [7, 11) is 0.